The molecule has 0 radical (unpaired) electrons. The minimum Gasteiger partial charge on any atom is -0.353 e. The molecule has 4 aliphatic carbocycles. The highest BCUT2D eigenvalue weighted by atomic mass is 16.2. The molecule has 1 saturated heterocycles. The van der Waals surface area contributed by atoms with Crippen molar-refractivity contribution in [1.29, 1.82) is 0 Å². The highest BCUT2D eigenvalue weighted by Gasteiger charge is 2.51. The highest BCUT2D eigenvalue weighted by Crippen LogP contribution is 2.60. The molecular formula is C29H43N3O2. The monoisotopic (exact) mass is 465 g/mol. The Labute approximate surface area is 205 Å². The lowest BCUT2D eigenvalue weighted by Crippen LogP contribution is -2.52. The van der Waals surface area contributed by atoms with Gasteiger partial charge in [0.15, 0.2) is 0 Å². The lowest BCUT2D eigenvalue weighted by Gasteiger charge is -2.57. The predicted molar refractivity (Wildman–Crippen MR) is 136 cm³/mol. The van der Waals surface area contributed by atoms with Crippen molar-refractivity contribution in [2.24, 2.45) is 23.7 Å². The van der Waals surface area contributed by atoms with Crippen LogP contribution in [0.15, 0.2) is 24.3 Å². The molecule has 34 heavy (non-hydrogen) atoms. The fourth-order valence-electron chi connectivity index (χ4n) is 8.07. The van der Waals surface area contributed by atoms with E-state index < -0.39 is 6.04 Å². The molecule has 5 fully saturated rings. The Kier molecular flexibility index (Phi) is 6.76. The standard InChI is InChI=1S/C29H43N3O2/c1-4-32-11-5-6-25(32)18-30-28(34)26(19(2)3)31-27(33)23-7-9-24(10-8-23)29-15-20-12-21(16-29)14-22(13-20)17-29/h7-10,19-22,25-26H,4-6,11-18H2,1-3H3,(H,30,34)(H,31,33)/t20?,21?,22?,25-,26+,29?/m1/s1. The van der Waals surface area contributed by atoms with Crippen molar-refractivity contribution in [3.8, 4) is 0 Å². The molecule has 4 saturated carbocycles. The minimum atomic E-state index is -0.521. The first-order chi connectivity index (χ1) is 16.4. The van der Waals surface area contributed by atoms with Gasteiger partial charge in [-0.2, -0.15) is 0 Å². The third kappa shape index (κ3) is 4.65. The molecule has 1 heterocycles. The van der Waals surface area contributed by atoms with E-state index in [2.05, 4.69) is 34.6 Å². The Hall–Kier alpha value is -1.88. The van der Waals surface area contributed by atoms with Gasteiger partial charge in [0.2, 0.25) is 5.91 Å². The van der Waals surface area contributed by atoms with Crippen LogP contribution in [0.3, 0.4) is 0 Å². The van der Waals surface area contributed by atoms with Crippen LogP contribution in [-0.4, -0.2) is 48.4 Å². The maximum Gasteiger partial charge on any atom is 0.251 e. The van der Waals surface area contributed by atoms with Gasteiger partial charge in [-0.15, -0.1) is 0 Å². The topological polar surface area (TPSA) is 61.4 Å². The van der Waals surface area contributed by atoms with Gasteiger partial charge in [0.25, 0.3) is 5.91 Å². The van der Waals surface area contributed by atoms with Crippen LogP contribution < -0.4 is 10.6 Å². The highest BCUT2D eigenvalue weighted by molar-refractivity contribution is 5.97. The van der Waals surface area contributed by atoms with E-state index in [1.54, 1.807) is 0 Å². The molecular weight excluding hydrogens is 422 g/mol. The number of likely N-dealkylation sites (tertiary alicyclic amines) is 1. The van der Waals surface area contributed by atoms with Crippen molar-refractivity contribution in [2.45, 2.75) is 89.6 Å². The second-order valence-electron chi connectivity index (χ2n) is 12.1. The van der Waals surface area contributed by atoms with Gasteiger partial charge in [-0.1, -0.05) is 32.9 Å². The van der Waals surface area contributed by atoms with Crippen LogP contribution in [0.5, 0.6) is 0 Å². The zero-order valence-corrected chi connectivity index (χ0v) is 21.3. The first kappa shape index (κ1) is 23.8. The van der Waals surface area contributed by atoms with E-state index in [0.717, 1.165) is 37.3 Å². The second-order valence-corrected chi connectivity index (χ2v) is 12.1. The normalized spacial score (nSPS) is 33.3. The molecule has 186 valence electrons. The maximum absolute atomic E-state index is 13.1. The van der Waals surface area contributed by atoms with E-state index in [-0.39, 0.29) is 17.7 Å². The van der Waals surface area contributed by atoms with Gasteiger partial charge in [-0.25, -0.2) is 0 Å². The SMILES string of the molecule is CCN1CCC[C@@H]1CNC(=O)[C@@H](NC(=O)c1ccc(C23CC4CC(CC(C4)C2)C3)cc1)C(C)C. The number of hydrogen-bond acceptors (Lipinski definition) is 3. The minimum absolute atomic E-state index is 0.0288. The molecule has 0 unspecified atom stereocenters. The van der Waals surface area contributed by atoms with Gasteiger partial charge in [0.1, 0.15) is 6.04 Å². The van der Waals surface area contributed by atoms with Gasteiger partial charge in [-0.05, 0) is 111 Å². The van der Waals surface area contributed by atoms with Crippen molar-refractivity contribution >= 4 is 11.8 Å². The zero-order chi connectivity index (χ0) is 23.9. The summed E-state index contributed by atoms with van der Waals surface area (Å²) in [5.41, 5.74) is 2.43. The van der Waals surface area contributed by atoms with Gasteiger partial charge in [0, 0.05) is 18.2 Å². The number of likely N-dealkylation sites (N-methyl/N-ethyl adjacent to an activating group) is 1. The summed E-state index contributed by atoms with van der Waals surface area (Å²) in [6.07, 6.45) is 10.6. The first-order valence-electron chi connectivity index (χ1n) is 13.8. The fraction of sp³-hybridized carbons (Fsp3) is 0.724. The summed E-state index contributed by atoms with van der Waals surface area (Å²) in [6.45, 7) is 8.95. The van der Waals surface area contributed by atoms with Crippen molar-refractivity contribution in [2.75, 3.05) is 19.6 Å². The van der Waals surface area contributed by atoms with E-state index in [1.165, 1.54) is 50.5 Å². The number of rotatable bonds is 8. The Balaban J connectivity index is 1.21. The smallest absolute Gasteiger partial charge is 0.251 e. The molecule has 4 bridgehead atoms. The summed E-state index contributed by atoms with van der Waals surface area (Å²) >= 11 is 0. The molecule has 5 aliphatic rings. The third-order valence-corrected chi connectivity index (χ3v) is 9.45. The average Bonchev–Trinajstić information content (AvgIpc) is 3.27. The van der Waals surface area contributed by atoms with Gasteiger partial charge in [0.05, 0.1) is 0 Å². The van der Waals surface area contributed by atoms with Crippen LogP contribution in [0.4, 0.5) is 0 Å². The largest absolute Gasteiger partial charge is 0.353 e. The van der Waals surface area contributed by atoms with Crippen LogP contribution >= 0.6 is 0 Å². The summed E-state index contributed by atoms with van der Waals surface area (Å²) in [5.74, 6) is 2.54. The van der Waals surface area contributed by atoms with Crippen LogP contribution in [0.2, 0.25) is 0 Å². The number of benzene rings is 1. The van der Waals surface area contributed by atoms with Crippen molar-refractivity contribution < 1.29 is 9.59 Å². The van der Waals surface area contributed by atoms with Gasteiger partial charge in [-0.3, -0.25) is 14.5 Å². The van der Waals surface area contributed by atoms with Crippen molar-refractivity contribution in [3.05, 3.63) is 35.4 Å². The molecule has 1 aliphatic heterocycles. The number of carbonyl (C=O) groups excluding carboxylic acids is 2. The molecule has 5 heteroatoms. The lowest BCUT2D eigenvalue weighted by atomic mass is 9.48. The summed E-state index contributed by atoms with van der Waals surface area (Å²) < 4.78 is 0. The molecule has 0 aromatic heterocycles. The van der Waals surface area contributed by atoms with Crippen LogP contribution in [0, 0.1) is 23.7 Å². The van der Waals surface area contributed by atoms with E-state index >= 15 is 0 Å². The number of carbonyl (C=O) groups is 2. The van der Waals surface area contributed by atoms with Crippen molar-refractivity contribution in [1.82, 2.24) is 15.5 Å². The fourth-order valence-corrected chi connectivity index (χ4v) is 8.07. The summed E-state index contributed by atoms with van der Waals surface area (Å²) in [6, 6.07) is 8.26. The predicted octanol–water partition coefficient (Wildman–Crippen LogP) is 4.51. The van der Waals surface area contributed by atoms with Crippen LogP contribution in [0.1, 0.15) is 88.1 Å². The number of hydrogen-bond donors (Lipinski definition) is 2. The molecule has 2 amide bonds. The number of nitrogens with zero attached hydrogens (tertiary/aromatic N) is 1. The number of nitrogens with one attached hydrogen (secondary N) is 2. The molecule has 2 N–H and O–H groups in total. The van der Waals surface area contributed by atoms with Gasteiger partial charge >= 0.3 is 0 Å². The first-order valence-corrected chi connectivity index (χ1v) is 13.8. The van der Waals surface area contributed by atoms with E-state index in [0.29, 0.717) is 23.6 Å². The summed E-state index contributed by atoms with van der Waals surface area (Å²) in [4.78, 5) is 28.5. The molecule has 0 spiro atoms. The Morgan fingerprint density at radius 1 is 1.03 bits per heavy atom. The summed E-state index contributed by atoms with van der Waals surface area (Å²) in [7, 11) is 0. The molecule has 5 nitrogen and oxygen atoms in total. The van der Waals surface area contributed by atoms with Crippen molar-refractivity contribution in [3.63, 3.8) is 0 Å². The van der Waals surface area contributed by atoms with E-state index in [4.69, 9.17) is 0 Å². The molecule has 6 rings (SSSR count). The van der Waals surface area contributed by atoms with E-state index in [9.17, 15) is 9.59 Å². The quantitative estimate of drug-likeness (QED) is 0.594. The average molecular weight is 466 g/mol. The second kappa shape index (κ2) is 9.64. The lowest BCUT2D eigenvalue weighted by molar-refractivity contribution is -0.124. The summed E-state index contributed by atoms with van der Waals surface area (Å²) in [5, 5.41) is 6.14. The molecule has 2 atom stereocenters. The van der Waals surface area contributed by atoms with Crippen LogP contribution in [-0.2, 0) is 10.2 Å². The Morgan fingerprint density at radius 2 is 1.65 bits per heavy atom. The van der Waals surface area contributed by atoms with E-state index in [1.807, 2.05) is 26.0 Å². The maximum atomic E-state index is 13.1. The third-order valence-electron chi connectivity index (χ3n) is 9.45. The zero-order valence-electron chi connectivity index (χ0n) is 21.3. The Morgan fingerprint density at radius 3 is 2.21 bits per heavy atom. The van der Waals surface area contributed by atoms with Gasteiger partial charge < -0.3 is 10.6 Å². The Bertz CT molecular complexity index is 858. The molecule has 1 aromatic carbocycles. The molecule has 1 aromatic rings. The van der Waals surface area contributed by atoms with Crippen LogP contribution in [0.25, 0.3) is 0 Å². The number of amides is 2.